The average molecular weight is 243 g/mol. The summed E-state index contributed by atoms with van der Waals surface area (Å²) in [5, 5.41) is 9.35. The lowest BCUT2D eigenvalue weighted by Crippen LogP contribution is -2.28. The van der Waals surface area contributed by atoms with Crippen LogP contribution in [0.5, 0.6) is 0 Å². The second-order valence-electron chi connectivity index (χ2n) is 4.94. The number of H-pyrrole nitrogens is 1. The first kappa shape index (κ1) is 12.4. The molecule has 2 rings (SSSR count). The summed E-state index contributed by atoms with van der Waals surface area (Å²) in [4.78, 5) is 11.1. The number of nitrogens with zero attached hydrogens (tertiary/aromatic N) is 1. The summed E-state index contributed by atoms with van der Waals surface area (Å²) in [5.74, 6) is 0. The Morgan fingerprint density at radius 2 is 2.00 bits per heavy atom. The van der Waals surface area contributed by atoms with E-state index in [4.69, 9.17) is 0 Å². The first-order valence-electron chi connectivity index (χ1n) is 5.92. The standard InChI is InChI=1S/C14H17N3O/c1-14(2,11-6-4-3-5-7-11)10-15-12-8-13(18)17-16-9-12/h3-9H,10H2,1-2H3,(H2,15,17,18). The second-order valence-corrected chi connectivity index (χ2v) is 4.94. The fourth-order valence-electron chi connectivity index (χ4n) is 1.79. The van der Waals surface area contributed by atoms with Crippen molar-refractivity contribution in [2.24, 2.45) is 0 Å². The number of aromatic amines is 1. The topological polar surface area (TPSA) is 57.8 Å². The van der Waals surface area contributed by atoms with Crippen LogP contribution in [0.3, 0.4) is 0 Å². The zero-order valence-electron chi connectivity index (χ0n) is 10.6. The summed E-state index contributed by atoms with van der Waals surface area (Å²) in [6.07, 6.45) is 1.61. The van der Waals surface area contributed by atoms with E-state index in [1.54, 1.807) is 6.20 Å². The molecule has 4 nitrogen and oxygen atoms in total. The molecule has 0 spiro atoms. The van der Waals surface area contributed by atoms with Gasteiger partial charge in [-0.25, -0.2) is 5.10 Å². The van der Waals surface area contributed by atoms with Crippen LogP contribution in [0, 0.1) is 0 Å². The number of aromatic nitrogens is 2. The van der Waals surface area contributed by atoms with Crippen LogP contribution in [-0.4, -0.2) is 16.7 Å². The van der Waals surface area contributed by atoms with Gasteiger partial charge in [0.25, 0.3) is 5.56 Å². The molecule has 1 heterocycles. The van der Waals surface area contributed by atoms with Crippen LogP contribution in [0.2, 0.25) is 0 Å². The first-order valence-corrected chi connectivity index (χ1v) is 5.92. The quantitative estimate of drug-likeness (QED) is 0.865. The zero-order valence-corrected chi connectivity index (χ0v) is 10.6. The van der Waals surface area contributed by atoms with E-state index >= 15 is 0 Å². The number of hydrogen-bond donors (Lipinski definition) is 2. The molecule has 0 saturated heterocycles. The molecule has 2 N–H and O–H groups in total. The maximum absolute atomic E-state index is 11.1. The fraction of sp³-hybridized carbons (Fsp3) is 0.286. The van der Waals surface area contributed by atoms with Crippen molar-refractivity contribution in [3.05, 3.63) is 58.5 Å². The highest BCUT2D eigenvalue weighted by atomic mass is 16.1. The minimum Gasteiger partial charge on any atom is -0.383 e. The van der Waals surface area contributed by atoms with Crippen LogP contribution in [0.25, 0.3) is 0 Å². The SMILES string of the molecule is CC(C)(CNc1cn[nH]c(=O)c1)c1ccccc1. The van der Waals surface area contributed by atoms with Crippen molar-refractivity contribution in [2.45, 2.75) is 19.3 Å². The molecule has 0 saturated carbocycles. The van der Waals surface area contributed by atoms with Crippen molar-refractivity contribution >= 4 is 5.69 Å². The van der Waals surface area contributed by atoms with Crippen LogP contribution in [0.1, 0.15) is 19.4 Å². The smallest absolute Gasteiger partial charge is 0.266 e. The number of nitrogens with one attached hydrogen (secondary N) is 2. The van der Waals surface area contributed by atoms with Crippen LogP contribution in [0.15, 0.2) is 47.4 Å². The number of anilines is 1. The normalized spacial score (nSPS) is 11.2. The predicted octanol–water partition coefficient (Wildman–Crippen LogP) is 2.16. The van der Waals surface area contributed by atoms with Gasteiger partial charge in [0, 0.05) is 18.0 Å². The molecule has 0 atom stereocenters. The minimum atomic E-state index is -0.197. The maximum atomic E-state index is 11.1. The Morgan fingerprint density at radius 1 is 1.28 bits per heavy atom. The molecule has 0 unspecified atom stereocenters. The lowest BCUT2D eigenvalue weighted by molar-refractivity contribution is 0.557. The van der Waals surface area contributed by atoms with Gasteiger partial charge in [-0.2, -0.15) is 5.10 Å². The average Bonchev–Trinajstić information content (AvgIpc) is 2.38. The Labute approximate surface area is 106 Å². The molecule has 94 valence electrons. The summed E-state index contributed by atoms with van der Waals surface area (Å²) >= 11 is 0. The van der Waals surface area contributed by atoms with E-state index in [2.05, 4.69) is 41.5 Å². The molecular weight excluding hydrogens is 226 g/mol. The van der Waals surface area contributed by atoms with Crippen molar-refractivity contribution < 1.29 is 0 Å². The highest BCUT2D eigenvalue weighted by Crippen LogP contribution is 2.22. The van der Waals surface area contributed by atoms with E-state index in [1.807, 2.05) is 18.2 Å². The van der Waals surface area contributed by atoms with Gasteiger partial charge in [0.1, 0.15) is 0 Å². The van der Waals surface area contributed by atoms with E-state index in [9.17, 15) is 4.79 Å². The van der Waals surface area contributed by atoms with Crippen LogP contribution in [0.4, 0.5) is 5.69 Å². The molecule has 1 aromatic heterocycles. The number of hydrogen-bond acceptors (Lipinski definition) is 3. The Kier molecular flexibility index (Phi) is 3.46. The molecular formula is C14H17N3O. The van der Waals surface area contributed by atoms with Gasteiger partial charge in [-0.15, -0.1) is 0 Å². The molecule has 2 aromatic rings. The highest BCUT2D eigenvalue weighted by molar-refractivity contribution is 5.40. The van der Waals surface area contributed by atoms with Crippen molar-refractivity contribution in [3.63, 3.8) is 0 Å². The van der Waals surface area contributed by atoms with Crippen molar-refractivity contribution in [2.75, 3.05) is 11.9 Å². The van der Waals surface area contributed by atoms with Gasteiger partial charge in [0.05, 0.1) is 11.9 Å². The molecule has 0 fully saturated rings. The lowest BCUT2D eigenvalue weighted by atomic mass is 9.84. The van der Waals surface area contributed by atoms with Gasteiger partial charge in [0.15, 0.2) is 0 Å². The molecule has 0 aliphatic rings. The van der Waals surface area contributed by atoms with Crippen LogP contribution < -0.4 is 10.9 Å². The van der Waals surface area contributed by atoms with E-state index in [1.165, 1.54) is 11.6 Å². The molecule has 0 aliphatic carbocycles. The molecule has 18 heavy (non-hydrogen) atoms. The van der Waals surface area contributed by atoms with E-state index < -0.39 is 0 Å². The van der Waals surface area contributed by atoms with Gasteiger partial charge in [-0.05, 0) is 5.56 Å². The van der Waals surface area contributed by atoms with Gasteiger partial charge >= 0.3 is 0 Å². The molecule has 0 aliphatic heterocycles. The first-order chi connectivity index (χ1) is 8.58. The summed E-state index contributed by atoms with van der Waals surface area (Å²) in [5.41, 5.74) is 1.79. The van der Waals surface area contributed by atoms with Gasteiger partial charge in [0.2, 0.25) is 0 Å². The molecule has 0 bridgehead atoms. The number of rotatable bonds is 4. The molecule has 0 radical (unpaired) electrons. The minimum absolute atomic E-state index is 0.0101. The number of benzene rings is 1. The molecule has 0 amide bonds. The fourth-order valence-corrected chi connectivity index (χ4v) is 1.79. The summed E-state index contributed by atoms with van der Waals surface area (Å²) in [7, 11) is 0. The largest absolute Gasteiger partial charge is 0.383 e. The van der Waals surface area contributed by atoms with Crippen molar-refractivity contribution in [1.29, 1.82) is 0 Å². The molecule has 4 heteroatoms. The van der Waals surface area contributed by atoms with Crippen LogP contribution in [-0.2, 0) is 5.41 Å². The van der Waals surface area contributed by atoms with Crippen molar-refractivity contribution in [3.8, 4) is 0 Å². The third-order valence-electron chi connectivity index (χ3n) is 2.95. The third-order valence-corrected chi connectivity index (χ3v) is 2.95. The zero-order chi connectivity index (χ0) is 13.0. The third kappa shape index (κ3) is 2.97. The predicted molar refractivity (Wildman–Crippen MR) is 72.8 cm³/mol. The lowest BCUT2D eigenvalue weighted by Gasteiger charge is -2.26. The summed E-state index contributed by atoms with van der Waals surface area (Å²) in [6, 6.07) is 11.8. The summed E-state index contributed by atoms with van der Waals surface area (Å²) < 4.78 is 0. The maximum Gasteiger partial charge on any atom is 0.266 e. The summed E-state index contributed by atoms with van der Waals surface area (Å²) in [6.45, 7) is 5.06. The monoisotopic (exact) mass is 243 g/mol. The van der Waals surface area contributed by atoms with Crippen molar-refractivity contribution in [1.82, 2.24) is 10.2 Å². The Hall–Kier alpha value is -2.10. The van der Waals surface area contributed by atoms with Gasteiger partial charge in [-0.1, -0.05) is 44.2 Å². The molecule has 1 aromatic carbocycles. The Balaban J connectivity index is 2.08. The second kappa shape index (κ2) is 5.04. The van der Waals surface area contributed by atoms with Crippen LogP contribution >= 0.6 is 0 Å². The highest BCUT2D eigenvalue weighted by Gasteiger charge is 2.19. The Morgan fingerprint density at radius 3 is 2.67 bits per heavy atom. The Bertz CT molecular complexity index is 561. The van der Waals surface area contributed by atoms with E-state index in [0.29, 0.717) is 0 Å². The van der Waals surface area contributed by atoms with E-state index in [0.717, 1.165) is 12.2 Å². The van der Waals surface area contributed by atoms with E-state index in [-0.39, 0.29) is 11.0 Å². The van der Waals surface area contributed by atoms with Gasteiger partial charge < -0.3 is 5.32 Å². The van der Waals surface area contributed by atoms with Gasteiger partial charge in [-0.3, -0.25) is 4.79 Å².